The lowest BCUT2D eigenvalue weighted by atomic mass is 10.3. The lowest BCUT2D eigenvalue weighted by Gasteiger charge is -1.99. The van der Waals surface area contributed by atoms with Crippen LogP contribution in [-0.2, 0) is 14.3 Å². The van der Waals surface area contributed by atoms with Crippen LogP contribution in [0.5, 0.6) is 5.75 Å². The molecule has 0 aliphatic rings. The van der Waals surface area contributed by atoms with Crippen molar-refractivity contribution in [1.29, 1.82) is 0 Å². The molecule has 0 aromatic heterocycles. The van der Waals surface area contributed by atoms with Crippen LogP contribution in [0.15, 0.2) is 54.6 Å². The SMILES string of the molecule is C=C(C)C(=O)OC(=O)C(=C)C.Oc1ccccc1. The van der Waals surface area contributed by atoms with Crippen LogP contribution in [0.3, 0.4) is 0 Å². The number of esters is 2. The summed E-state index contributed by atoms with van der Waals surface area (Å²) in [4.78, 5) is 21.3. The molecule has 0 fully saturated rings. The Morgan fingerprint density at radius 3 is 1.61 bits per heavy atom. The van der Waals surface area contributed by atoms with Crippen molar-refractivity contribution in [2.75, 3.05) is 0 Å². The Hall–Kier alpha value is -2.36. The highest BCUT2D eigenvalue weighted by molar-refractivity contribution is 6.00. The van der Waals surface area contributed by atoms with Crippen LogP contribution < -0.4 is 0 Å². The molecule has 0 unspecified atom stereocenters. The lowest BCUT2D eigenvalue weighted by molar-refractivity contribution is -0.153. The number of aromatic hydroxyl groups is 1. The number of hydrogen-bond donors (Lipinski definition) is 1. The van der Waals surface area contributed by atoms with Gasteiger partial charge in [0.05, 0.1) is 0 Å². The summed E-state index contributed by atoms with van der Waals surface area (Å²) in [5, 5.41) is 8.63. The van der Waals surface area contributed by atoms with Gasteiger partial charge in [0, 0.05) is 11.1 Å². The fraction of sp³-hybridized carbons (Fsp3) is 0.143. The summed E-state index contributed by atoms with van der Waals surface area (Å²) in [6, 6.07) is 8.71. The van der Waals surface area contributed by atoms with Crippen molar-refractivity contribution in [1.82, 2.24) is 0 Å². The van der Waals surface area contributed by atoms with Gasteiger partial charge < -0.3 is 9.84 Å². The van der Waals surface area contributed by atoms with E-state index in [1.807, 2.05) is 6.07 Å². The second kappa shape index (κ2) is 7.84. The molecule has 18 heavy (non-hydrogen) atoms. The van der Waals surface area contributed by atoms with Crippen LogP contribution in [0.4, 0.5) is 0 Å². The summed E-state index contributed by atoms with van der Waals surface area (Å²) in [5.41, 5.74) is 0.388. The van der Waals surface area contributed by atoms with Crippen LogP contribution in [-0.4, -0.2) is 17.0 Å². The second-order valence-electron chi connectivity index (χ2n) is 3.57. The van der Waals surface area contributed by atoms with E-state index >= 15 is 0 Å². The van der Waals surface area contributed by atoms with Gasteiger partial charge in [-0.2, -0.15) is 0 Å². The Kier molecular flexibility index (Phi) is 6.81. The zero-order valence-corrected chi connectivity index (χ0v) is 10.5. The molecule has 0 aliphatic carbocycles. The van der Waals surface area contributed by atoms with E-state index in [0.29, 0.717) is 5.75 Å². The maximum atomic E-state index is 10.7. The van der Waals surface area contributed by atoms with E-state index < -0.39 is 11.9 Å². The smallest absolute Gasteiger partial charge is 0.340 e. The van der Waals surface area contributed by atoms with Crippen molar-refractivity contribution in [3.63, 3.8) is 0 Å². The van der Waals surface area contributed by atoms with Crippen molar-refractivity contribution >= 4 is 11.9 Å². The monoisotopic (exact) mass is 248 g/mol. The molecular formula is C14H16O4. The maximum absolute atomic E-state index is 10.7. The number of hydrogen-bond acceptors (Lipinski definition) is 4. The lowest BCUT2D eigenvalue weighted by Crippen LogP contribution is -2.12. The number of phenolic OH excluding ortho intramolecular Hbond substituents is 1. The van der Waals surface area contributed by atoms with E-state index in [1.165, 1.54) is 13.8 Å². The van der Waals surface area contributed by atoms with Gasteiger partial charge in [0.1, 0.15) is 5.75 Å². The van der Waals surface area contributed by atoms with E-state index in [1.54, 1.807) is 24.3 Å². The molecule has 0 spiro atoms. The summed E-state index contributed by atoms with van der Waals surface area (Å²) < 4.78 is 4.30. The third-order valence-electron chi connectivity index (χ3n) is 1.64. The van der Waals surface area contributed by atoms with E-state index in [4.69, 9.17) is 5.11 Å². The highest BCUT2D eigenvalue weighted by Crippen LogP contribution is 2.02. The summed E-state index contributed by atoms with van der Waals surface area (Å²) in [7, 11) is 0. The highest BCUT2D eigenvalue weighted by atomic mass is 16.6. The van der Waals surface area contributed by atoms with Gasteiger partial charge in [0.15, 0.2) is 0 Å². The molecule has 1 N–H and O–H groups in total. The molecule has 0 radical (unpaired) electrons. The zero-order valence-electron chi connectivity index (χ0n) is 10.5. The van der Waals surface area contributed by atoms with Gasteiger partial charge in [-0.3, -0.25) is 0 Å². The first-order valence-electron chi connectivity index (χ1n) is 5.16. The topological polar surface area (TPSA) is 63.6 Å². The standard InChI is InChI=1S/C8H10O3.C6H6O/c1-5(2)7(9)11-8(10)6(3)4;7-6-4-2-1-3-5-6/h1,3H2,2,4H3;1-5,7H. The Morgan fingerprint density at radius 2 is 1.39 bits per heavy atom. The van der Waals surface area contributed by atoms with Crippen LogP contribution in [0, 0.1) is 0 Å². The Labute approximate surface area is 106 Å². The van der Waals surface area contributed by atoms with Gasteiger partial charge >= 0.3 is 11.9 Å². The number of rotatable bonds is 2. The predicted octanol–water partition coefficient (Wildman–Crippen LogP) is 2.60. The molecule has 0 aliphatic heterocycles. The van der Waals surface area contributed by atoms with Gasteiger partial charge in [-0.1, -0.05) is 31.4 Å². The molecule has 1 rings (SSSR count). The average Bonchev–Trinajstić information content (AvgIpc) is 2.30. The van der Waals surface area contributed by atoms with E-state index in [0.717, 1.165) is 0 Å². The third kappa shape index (κ3) is 7.00. The van der Waals surface area contributed by atoms with E-state index in [-0.39, 0.29) is 11.1 Å². The van der Waals surface area contributed by atoms with Crippen molar-refractivity contribution in [3.05, 3.63) is 54.6 Å². The Balaban J connectivity index is 0.000000351. The Morgan fingerprint density at radius 1 is 1.00 bits per heavy atom. The molecule has 0 bridgehead atoms. The normalized spacial score (nSPS) is 8.56. The first-order chi connectivity index (χ1) is 8.34. The minimum absolute atomic E-state index is 0.194. The van der Waals surface area contributed by atoms with Crippen LogP contribution in [0.1, 0.15) is 13.8 Å². The molecule has 0 saturated heterocycles. The maximum Gasteiger partial charge on any atom is 0.340 e. The molecule has 1 aromatic rings. The van der Waals surface area contributed by atoms with E-state index in [9.17, 15) is 9.59 Å². The quantitative estimate of drug-likeness (QED) is 0.496. The zero-order chi connectivity index (χ0) is 14.1. The first-order valence-corrected chi connectivity index (χ1v) is 5.16. The number of carbonyl (C=O) groups is 2. The van der Waals surface area contributed by atoms with Gasteiger partial charge in [-0.05, 0) is 26.0 Å². The number of para-hydroxylation sites is 1. The van der Waals surface area contributed by atoms with Crippen molar-refractivity contribution in [2.24, 2.45) is 0 Å². The second-order valence-corrected chi connectivity index (χ2v) is 3.57. The number of benzene rings is 1. The van der Waals surface area contributed by atoms with Crippen molar-refractivity contribution in [2.45, 2.75) is 13.8 Å². The number of carbonyl (C=O) groups excluding carboxylic acids is 2. The van der Waals surface area contributed by atoms with Gasteiger partial charge in [0.2, 0.25) is 0 Å². The first kappa shape index (κ1) is 15.6. The molecule has 0 saturated carbocycles. The fourth-order valence-electron chi connectivity index (χ4n) is 0.686. The molecule has 0 atom stereocenters. The van der Waals surface area contributed by atoms with Gasteiger partial charge in [-0.15, -0.1) is 0 Å². The molecule has 96 valence electrons. The summed E-state index contributed by atoms with van der Waals surface area (Å²) in [5.74, 6) is -1.10. The number of ether oxygens (including phenoxy) is 1. The average molecular weight is 248 g/mol. The van der Waals surface area contributed by atoms with Crippen molar-refractivity contribution in [3.8, 4) is 5.75 Å². The Bertz CT molecular complexity index is 422. The molecule has 0 amide bonds. The summed E-state index contributed by atoms with van der Waals surface area (Å²) in [6.07, 6.45) is 0. The van der Waals surface area contributed by atoms with Gasteiger partial charge in [-0.25, -0.2) is 9.59 Å². The summed E-state index contributed by atoms with van der Waals surface area (Å²) >= 11 is 0. The highest BCUT2D eigenvalue weighted by Gasteiger charge is 2.10. The van der Waals surface area contributed by atoms with E-state index in [2.05, 4.69) is 17.9 Å². The molecule has 4 nitrogen and oxygen atoms in total. The molecule has 0 heterocycles. The largest absolute Gasteiger partial charge is 0.508 e. The predicted molar refractivity (Wildman–Crippen MR) is 68.8 cm³/mol. The minimum atomic E-state index is -0.710. The minimum Gasteiger partial charge on any atom is -0.508 e. The van der Waals surface area contributed by atoms with Crippen LogP contribution in [0.2, 0.25) is 0 Å². The molecule has 4 heteroatoms. The molecule has 1 aromatic carbocycles. The van der Waals surface area contributed by atoms with Crippen LogP contribution in [0.25, 0.3) is 0 Å². The fourth-order valence-corrected chi connectivity index (χ4v) is 0.686. The van der Waals surface area contributed by atoms with Gasteiger partial charge in [0.25, 0.3) is 0 Å². The summed E-state index contributed by atoms with van der Waals surface area (Å²) in [6.45, 7) is 9.55. The van der Waals surface area contributed by atoms with Crippen LogP contribution >= 0.6 is 0 Å². The molecular weight excluding hydrogens is 232 g/mol. The number of phenols is 1. The van der Waals surface area contributed by atoms with Crippen molar-refractivity contribution < 1.29 is 19.4 Å². The third-order valence-corrected chi connectivity index (χ3v) is 1.64.